The monoisotopic (exact) mass is 542 g/mol. The predicted molar refractivity (Wildman–Crippen MR) is 128 cm³/mol. The highest BCUT2D eigenvalue weighted by Crippen LogP contribution is 2.23. The summed E-state index contributed by atoms with van der Waals surface area (Å²) in [5.74, 6) is 0.627. The number of non-ortho nitro benzene ring substituents is 1. The van der Waals surface area contributed by atoms with Crippen LogP contribution in [0.4, 0.5) is 5.69 Å². The summed E-state index contributed by atoms with van der Waals surface area (Å²) in [6.45, 7) is 0.253. The smallest absolute Gasteiger partial charge is 0.349 e. The van der Waals surface area contributed by atoms with Gasteiger partial charge in [0.25, 0.3) is 11.2 Å². The van der Waals surface area contributed by atoms with E-state index in [1.54, 1.807) is 54.6 Å². The molecule has 10 heteroatoms. The second-order valence-corrected chi connectivity index (χ2v) is 7.90. The molecule has 1 aromatic heterocycles. The van der Waals surface area contributed by atoms with E-state index in [1.807, 2.05) is 0 Å². The minimum atomic E-state index is -0.623. The normalized spacial score (nSPS) is 11.2. The standard InChI is InChI=1S/C22H15IN4O5/c23-18-11-15(7-10-20(18)32-13-14-5-8-16(9-6-14)27(30)31)12-24-26-21(28)17-3-1-2-4-19(17)25-22(26)29/h1-12H,13H2,(H,25,29). The SMILES string of the molecule is O=c1[nH]c2ccccc2c(=O)n1N=Cc1ccc(OCc2ccc([N+](=O)[O-])cc2)c(I)c1. The summed E-state index contributed by atoms with van der Waals surface area (Å²) in [5.41, 5.74) is 0.832. The molecule has 3 aromatic carbocycles. The first-order chi connectivity index (χ1) is 15.4. The lowest BCUT2D eigenvalue weighted by Gasteiger charge is -2.09. The summed E-state index contributed by atoms with van der Waals surface area (Å²) in [7, 11) is 0. The number of nitro benzene ring substituents is 1. The molecule has 4 aromatic rings. The lowest BCUT2D eigenvalue weighted by atomic mass is 10.2. The van der Waals surface area contributed by atoms with Crippen molar-refractivity contribution >= 4 is 45.4 Å². The van der Waals surface area contributed by atoms with E-state index in [0.29, 0.717) is 22.2 Å². The van der Waals surface area contributed by atoms with Crippen LogP contribution in [0.15, 0.2) is 81.4 Å². The van der Waals surface area contributed by atoms with E-state index in [0.717, 1.165) is 13.8 Å². The van der Waals surface area contributed by atoms with E-state index in [-0.39, 0.29) is 12.3 Å². The van der Waals surface area contributed by atoms with Gasteiger partial charge in [0.15, 0.2) is 0 Å². The number of hydrogen-bond donors (Lipinski definition) is 1. The molecule has 0 saturated heterocycles. The zero-order valence-electron chi connectivity index (χ0n) is 16.4. The fourth-order valence-corrected chi connectivity index (χ4v) is 3.67. The molecule has 0 aliphatic heterocycles. The molecular formula is C22H15IN4O5. The average molecular weight is 542 g/mol. The Morgan fingerprint density at radius 3 is 2.56 bits per heavy atom. The van der Waals surface area contributed by atoms with Crippen molar-refractivity contribution in [1.82, 2.24) is 9.66 Å². The summed E-state index contributed by atoms with van der Waals surface area (Å²) in [4.78, 5) is 37.7. The number of ether oxygens (including phenoxy) is 1. The van der Waals surface area contributed by atoms with E-state index in [9.17, 15) is 19.7 Å². The number of halogens is 1. The number of H-pyrrole nitrogens is 1. The zero-order chi connectivity index (χ0) is 22.7. The number of aromatic amines is 1. The number of benzene rings is 3. The van der Waals surface area contributed by atoms with Gasteiger partial charge in [-0.05, 0) is 76.2 Å². The van der Waals surface area contributed by atoms with E-state index in [2.05, 4.69) is 32.7 Å². The number of nitro groups is 1. The molecule has 0 radical (unpaired) electrons. The fourth-order valence-electron chi connectivity index (χ4n) is 2.97. The molecule has 1 heterocycles. The van der Waals surface area contributed by atoms with Crippen LogP contribution in [0.2, 0.25) is 0 Å². The first-order valence-corrected chi connectivity index (χ1v) is 10.4. The summed E-state index contributed by atoms with van der Waals surface area (Å²) < 4.78 is 7.38. The number of para-hydroxylation sites is 1. The second-order valence-electron chi connectivity index (χ2n) is 6.74. The molecule has 0 fully saturated rings. The first kappa shape index (κ1) is 21.4. The van der Waals surface area contributed by atoms with E-state index >= 15 is 0 Å². The summed E-state index contributed by atoms with van der Waals surface area (Å²) in [5, 5.41) is 15.1. The highest BCUT2D eigenvalue weighted by Gasteiger charge is 2.08. The van der Waals surface area contributed by atoms with Gasteiger partial charge in [0, 0.05) is 12.1 Å². The fraction of sp³-hybridized carbons (Fsp3) is 0.0455. The number of aromatic nitrogens is 2. The Labute approximate surface area is 194 Å². The molecule has 0 saturated carbocycles. The van der Waals surface area contributed by atoms with Crippen molar-refractivity contribution in [3.05, 3.63) is 112 Å². The molecule has 0 atom stereocenters. The van der Waals surface area contributed by atoms with Gasteiger partial charge in [0.1, 0.15) is 12.4 Å². The van der Waals surface area contributed by atoms with Gasteiger partial charge in [0.05, 0.1) is 25.6 Å². The van der Waals surface area contributed by atoms with Crippen LogP contribution in [0.25, 0.3) is 10.9 Å². The van der Waals surface area contributed by atoms with Crippen molar-refractivity contribution in [2.45, 2.75) is 6.61 Å². The molecule has 160 valence electrons. The molecule has 4 rings (SSSR count). The van der Waals surface area contributed by atoms with Crippen LogP contribution in [0, 0.1) is 13.7 Å². The Bertz CT molecular complexity index is 1460. The van der Waals surface area contributed by atoms with Crippen LogP contribution >= 0.6 is 22.6 Å². The average Bonchev–Trinajstić information content (AvgIpc) is 2.78. The maximum atomic E-state index is 12.5. The molecule has 1 N–H and O–H groups in total. The van der Waals surface area contributed by atoms with Gasteiger partial charge in [-0.1, -0.05) is 12.1 Å². The third-order valence-corrected chi connectivity index (χ3v) is 5.45. The second kappa shape index (κ2) is 9.14. The minimum Gasteiger partial charge on any atom is -0.488 e. The molecule has 9 nitrogen and oxygen atoms in total. The Hall–Kier alpha value is -3.80. The van der Waals surface area contributed by atoms with Crippen LogP contribution in [-0.4, -0.2) is 20.8 Å². The molecule has 32 heavy (non-hydrogen) atoms. The molecule has 0 aliphatic rings. The largest absolute Gasteiger partial charge is 0.488 e. The maximum Gasteiger partial charge on any atom is 0.349 e. The Balaban J connectivity index is 1.51. The highest BCUT2D eigenvalue weighted by molar-refractivity contribution is 14.1. The number of hydrogen-bond acceptors (Lipinski definition) is 6. The van der Waals surface area contributed by atoms with Gasteiger partial charge in [-0.15, -0.1) is 4.68 Å². The van der Waals surface area contributed by atoms with E-state index < -0.39 is 16.2 Å². The van der Waals surface area contributed by atoms with Gasteiger partial charge in [0.2, 0.25) is 0 Å². The minimum absolute atomic E-state index is 0.0244. The van der Waals surface area contributed by atoms with Gasteiger partial charge < -0.3 is 9.72 Å². The maximum absolute atomic E-state index is 12.5. The zero-order valence-corrected chi connectivity index (χ0v) is 18.6. The quantitative estimate of drug-likeness (QED) is 0.173. The summed E-state index contributed by atoms with van der Waals surface area (Å²) >= 11 is 2.11. The van der Waals surface area contributed by atoms with Gasteiger partial charge >= 0.3 is 5.69 Å². The van der Waals surface area contributed by atoms with E-state index in [4.69, 9.17) is 4.74 Å². The van der Waals surface area contributed by atoms with Crippen LogP contribution in [0.5, 0.6) is 5.75 Å². The van der Waals surface area contributed by atoms with Gasteiger partial charge in [-0.25, -0.2) is 4.79 Å². The van der Waals surface area contributed by atoms with Gasteiger partial charge in [-0.3, -0.25) is 14.9 Å². The molecular weight excluding hydrogens is 527 g/mol. The predicted octanol–water partition coefficient (Wildman–Crippen LogP) is 3.66. The topological polar surface area (TPSA) is 120 Å². The number of nitrogens with one attached hydrogen (secondary N) is 1. The van der Waals surface area contributed by atoms with Crippen LogP contribution < -0.4 is 16.0 Å². The first-order valence-electron chi connectivity index (χ1n) is 9.36. The molecule has 0 unspecified atom stereocenters. The lowest BCUT2D eigenvalue weighted by molar-refractivity contribution is -0.384. The highest BCUT2D eigenvalue weighted by atomic mass is 127. The summed E-state index contributed by atoms with van der Waals surface area (Å²) in [6.07, 6.45) is 1.42. The molecule has 0 spiro atoms. The molecule has 0 amide bonds. The number of fused-ring (bicyclic) bond motifs is 1. The molecule has 0 bridgehead atoms. The molecule has 0 aliphatic carbocycles. The Kier molecular flexibility index (Phi) is 6.12. The van der Waals surface area contributed by atoms with Crippen molar-refractivity contribution < 1.29 is 9.66 Å². The summed E-state index contributed by atoms with van der Waals surface area (Å²) in [6, 6.07) is 18.2. The lowest BCUT2D eigenvalue weighted by Crippen LogP contribution is -2.32. The third-order valence-electron chi connectivity index (χ3n) is 4.60. The van der Waals surface area contributed by atoms with Crippen LogP contribution in [0.1, 0.15) is 11.1 Å². The third kappa shape index (κ3) is 4.59. The van der Waals surface area contributed by atoms with Crippen molar-refractivity contribution in [1.29, 1.82) is 0 Å². The van der Waals surface area contributed by atoms with Crippen LogP contribution in [0.3, 0.4) is 0 Å². The van der Waals surface area contributed by atoms with Gasteiger partial charge in [-0.2, -0.15) is 5.10 Å². The Morgan fingerprint density at radius 1 is 1.09 bits per heavy atom. The number of rotatable bonds is 6. The van der Waals surface area contributed by atoms with Crippen LogP contribution in [-0.2, 0) is 6.61 Å². The van der Waals surface area contributed by atoms with Crippen molar-refractivity contribution in [2.24, 2.45) is 5.10 Å². The Morgan fingerprint density at radius 2 is 1.84 bits per heavy atom. The number of nitrogens with zero attached hydrogens (tertiary/aromatic N) is 3. The van der Waals surface area contributed by atoms with Crippen molar-refractivity contribution in [2.75, 3.05) is 0 Å². The van der Waals surface area contributed by atoms with Crippen molar-refractivity contribution in [3.63, 3.8) is 0 Å². The van der Waals surface area contributed by atoms with E-state index in [1.165, 1.54) is 18.3 Å². The van der Waals surface area contributed by atoms with Crippen molar-refractivity contribution in [3.8, 4) is 5.75 Å².